The number of ether oxygens (including phenoxy) is 2. The van der Waals surface area contributed by atoms with Gasteiger partial charge in [-0.2, -0.15) is 8.42 Å². The van der Waals surface area contributed by atoms with Gasteiger partial charge in [-0.05, 0) is 85.9 Å². The molecule has 34 heavy (non-hydrogen) atoms. The summed E-state index contributed by atoms with van der Waals surface area (Å²) in [6.45, 7) is 8.52. The van der Waals surface area contributed by atoms with Gasteiger partial charge < -0.3 is 19.4 Å². The normalized spacial score (nSPS) is 11.1. The van der Waals surface area contributed by atoms with E-state index in [0.717, 1.165) is 39.6 Å². The fraction of sp³-hybridized carbons (Fsp3) is 0.259. The van der Waals surface area contributed by atoms with Crippen molar-refractivity contribution in [3.8, 4) is 39.5 Å². The van der Waals surface area contributed by atoms with Gasteiger partial charge in [0.05, 0.1) is 13.4 Å². The maximum atomic E-state index is 11.4. The Morgan fingerprint density at radius 3 is 2.21 bits per heavy atom. The van der Waals surface area contributed by atoms with Crippen molar-refractivity contribution in [1.82, 2.24) is 0 Å². The largest absolute Gasteiger partial charge is 0.493 e. The first-order chi connectivity index (χ1) is 16.0. The summed E-state index contributed by atoms with van der Waals surface area (Å²) in [4.78, 5) is 0. The van der Waals surface area contributed by atoms with Crippen molar-refractivity contribution in [2.45, 2.75) is 27.7 Å². The van der Waals surface area contributed by atoms with E-state index in [2.05, 4.69) is 6.07 Å². The molecule has 0 saturated heterocycles. The van der Waals surface area contributed by atoms with Crippen molar-refractivity contribution < 1.29 is 22.1 Å². The van der Waals surface area contributed by atoms with E-state index in [0.29, 0.717) is 23.8 Å². The van der Waals surface area contributed by atoms with Crippen LogP contribution in [0.2, 0.25) is 0 Å². The van der Waals surface area contributed by atoms with Gasteiger partial charge in [0.25, 0.3) is 0 Å². The number of rotatable bonds is 8. The molecule has 0 fully saturated rings. The topological polar surface area (TPSA) is 87.9 Å². The van der Waals surface area contributed by atoms with Gasteiger partial charge in [-0.1, -0.05) is 29.8 Å². The quantitative estimate of drug-likeness (QED) is 0.244. The third kappa shape index (κ3) is 5.91. The fourth-order valence-electron chi connectivity index (χ4n) is 3.73. The Kier molecular flexibility index (Phi) is 7.57. The van der Waals surface area contributed by atoms with Crippen LogP contribution in [0.3, 0.4) is 0 Å². The highest BCUT2D eigenvalue weighted by Crippen LogP contribution is 2.41. The summed E-state index contributed by atoms with van der Waals surface area (Å²) in [6, 6.07) is 14.8. The van der Waals surface area contributed by atoms with Gasteiger partial charge in [0, 0.05) is 11.3 Å². The van der Waals surface area contributed by atoms with Gasteiger partial charge in [0.1, 0.15) is 12.4 Å². The average molecular weight is 482 g/mol. The molecule has 0 aliphatic rings. The fourth-order valence-corrected chi connectivity index (χ4v) is 4.19. The van der Waals surface area contributed by atoms with Gasteiger partial charge in [-0.15, -0.1) is 0 Å². The number of allylic oxidation sites excluding steroid dienone is 1. The zero-order chi connectivity index (χ0) is 25.0. The van der Waals surface area contributed by atoms with Crippen LogP contribution in [0.1, 0.15) is 25.0 Å². The molecule has 0 heterocycles. The number of methoxy groups -OCH3 is 1. The third-order valence-electron chi connectivity index (χ3n) is 5.43. The predicted octanol–water partition coefficient (Wildman–Crippen LogP) is 5.91. The maximum absolute atomic E-state index is 11.4. The molecule has 0 aromatic heterocycles. The second kappa shape index (κ2) is 10.2. The van der Waals surface area contributed by atoms with Gasteiger partial charge in [0.2, 0.25) is 0 Å². The molecule has 180 valence electrons. The maximum Gasteiger partial charge on any atom is 0.306 e. The van der Waals surface area contributed by atoms with E-state index in [1.807, 2.05) is 64.1 Å². The lowest BCUT2D eigenvalue weighted by Crippen LogP contribution is -2.05. The molecular weight excluding hydrogens is 450 g/mol. The molecule has 3 rings (SSSR count). The van der Waals surface area contributed by atoms with Gasteiger partial charge in [-0.3, -0.25) is 0 Å². The predicted molar refractivity (Wildman–Crippen MR) is 138 cm³/mol. The Balaban J connectivity index is 1.97. The summed E-state index contributed by atoms with van der Waals surface area (Å²) in [5.74, 6) is 1.58. The number of nitrogens with two attached hydrogens (primary N) is 1. The van der Waals surface area contributed by atoms with Crippen molar-refractivity contribution in [2.24, 2.45) is 0 Å². The lowest BCUT2D eigenvalue weighted by Gasteiger charge is -2.18. The molecule has 0 atom stereocenters. The van der Waals surface area contributed by atoms with Crippen LogP contribution in [0.15, 0.2) is 60.2 Å². The van der Waals surface area contributed by atoms with Crippen LogP contribution < -0.4 is 19.4 Å². The standard InChI is InChI=1S/C27H31NO5S/c1-17(2)13-14-32-24-12-9-21(16-25(24)31-5)26-18(3)15-23(19(4)27(26)28)20-7-10-22(11-8-20)33-34(6,29)30/h7-13,15-16H,14,28H2,1-6H3. The van der Waals surface area contributed by atoms with Crippen LogP contribution in [0.5, 0.6) is 17.2 Å². The number of aryl methyl sites for hydroxylation is 1. The monoisotopic (exact) mass is 481 g/mol. The molecule has 0 bridgehead atoms. The second-order valence-electron chi connectivity index (χ2n) is 8.42. The SMILES string of the molecule is COc1cc(-c2c(C)cc(-c3ccc(OS(C)(=O)=O)cc3)c(C)c2N)ccc1OCC=C(C)C. The number of hydrogen-bond acceptors (Lipinski definition) is 6. The summed E-state index contributed by atoms with van der Waals surface area (Å²) < 4.78 is 39.1. The van der Waals surface area contributed by atoms with Crippen LogP contribution >= 0.6 is 0 Å². The third-order valence-corrected chi connectivity index (χ3v) is 5.92. The first-order valence-corrected chi connectivity index (χ1v) is 12.7. The molecule has 0 amide bonds. The van der Waals surface area contributed by atoms with Crippen molar-refractivity contribution in [2.75, 3.05) is 25.7 Å². The van der Waals surface area contributed by atoms with Gasteiger partial charge in [0.15, 0.2) is 11.5 Å². The van der Waals surface area contributed by atoms with E-state index >= 15 is 0 Å². The highest BCUT2D eigenvalue weighted by Gasteiger charge is 2.16. The lowest BCUT2D eigenvalue weighted by atomic mass is 9.89. The van der Waals surface area contributed by atoms with Crippen molar-refractivity contribution in [1.29, 1.82) is 0 Å². The lowest BCUT2D eigenvalue weighted by molar-refractivity contribution is 0.326. The zero-order valence-electron chi connectivity index (χ0n) is 20.4. The number of anilines is 1. The zero-order valence-corrected chi connectivity index (χ0v) is 21.2. The highest BCUT2D eigenvalue weighted by molar-refractivity contribution is 7.86. The molecule has 3 aromatic rings. The molecule has 3 aromatic carbocycles. The van der Waals surface area contributed by atoms with Gasteiger partial charge >= 0.3 is 10.1 Å². The Hall–Kier alpha value is -3.45. The Morgan fingerprint density at radius 2 is 1.62 bits per heavy atom. The van der Waals surface area contributed by atoms with Gasteiger partial charge in [-0.25, -0.2) is 0 Å². The summed E-state index contributed by atoms with van der Waals surface area (Å²) in [7, 11) is -1.95. The minimum absolute atomic E-state index is 0.268. The molecule has 0 aliphatic heterocycles. The van der Waals surface area contributed by atoms with Crippen LogP contribution in [0.4, 0.5) is 5.69 Å². The smallest absolute Gasteiger partial charge is 0.306 e. The second-order valence-corrected chi connectivity index (χ2v) is 10.00. The molecule has 0 saturated carbocycles. The highest BCUT2D eigenvalue weighted by atomic mass is 32.2. The molecule has 0 spiro atoms. The Morgan fingerprint density at radius 1 is 0.971 bits per heavy atom. The average Bonchev–Trinajstić information content (AvgIpc) is 2.76. The first kappa shape index (κ1) is 25.2. The molecule has 0 aliphatic carbocycles. The minimum Gasteiger partial charge on any atom is -0.493 e. The summed E-state index contributed by atoms with van der Waals surface area (Å²) >= 11 is 0. The van der Waals surface area contributed by atoms with E-state index in [1.165, 1.54) is 5.57 Å². The summed E-state index contributed by atoms with van der Waals surface area (Å²) in [5.41, 5.74) is 14.2. The molecular formula is C27H31NO5S. The van der Waals surface area contributed by atoms with E-state index in [1.54, 1.807) is 19.2 Å². The van der Waals surface area contributed by atoms with Crippen molar-refractivity contribution >= 4 is 15.8 Å². The Bertz CT molecular complexity index is 1320. The van der Waals surface area contributed by atoms with Crippen LogP contribution in [-0.4, -0.2) is 28.4 Å². The minimum atomic E-state index is -3.57. The first-order valence-electron chi connectivity index (χ1n) is 10.8. The molecule has 7 heteroatoms. The van der Waals surface area contributed by atoms with E-state index < -0.39 is 10.1 Å². The number of hydrogen-bond donors (Lipinski definition) is 1. The number of nitrogen functional groups attached to an aromatic ring is 1. The number of benzene rings is 3. The van der Waals surface area contributed by atoms with Crippen LogP contribution in [0.25, 0.3) is 22.3 Å². The van der Waals surface area contributed by atoms with E-state index in [9.17, 15) is 8.42 Å². The summed E-state index contributed by atoms with van der Waals surface area (Å²) in [5, 5.41) is 0. The molecule has 6 nitrogen and oxygen atoms in total. The van der Waals surface area contributed by atoms with Crippen molar-refractivity contribution in [3.63, 3.8) is 0 Å². The van der Waals surface area contributed by atoms with E-state index in [4.69, 9.17) is 19.4 Å². The van der Waals surface area contributed by atoms with Crippen molar-refractivity contribution in [3.05, 3.63) is 71.3 Å². The van der Waals surface area contributed by atoms with Crippen LogP contribution in [-0.2, 0) is 10.1 Å². The molecule has 0 unspecified atom stereocenters. The van der Waals surface area contributed by atoms with E-state index in [-0.39, 0.29) is 5.75 Å². The molecule has 0 radical (unpaired) electrons. The van der Waals surface area contributed by atoms with Crippen LogP contribution in [0, 0.1) is 13.8 Å². The summed E-state index contributed by atoms with van der Waals surface area (Å²) in [6.07, 6.45) is 3.03. The molecule has 2 N–H and O–H groups in total. The Labute approximate surface area is 202 Å².